The Labute approximate surface area is 187 Å². The number of amides is 1. The molecule has 1 atom stereocenters. The number of rotatable bonds is 6. The van der Waals surface area contributed by atoms with Crippen molar-refractivity contribution in [1.82, 2.24) is 10.1 Å². The average molecular weight is 439 g/mol. The van der Waals surface area contributed by atoms with Gasteiger partial charge in [0.15, 0.2) is 0 Å². The van der Waals surface area contributed by atoms with E-state index in [9.17, 15) is 4.79 Å². The summed E-state index contributed by atoms with van der Waals surface area (Å²) in [5.41, 5.74) is 3.46. The maximum atomic E-state index is 12.4. The van der Waals surface area contributed by atoms with Crippen LogP contribution in [0.5, 0.6) is 0 Å². The molecule has 1 aliphatic heterocycles. The zero-order chi connectivity index (χ0) is 21.8. The number of carbonyl (C=O) groups excluding carboxylic acids is 1. The molecule has 3 aromatic rings. The lowest BCUT2D eigenvalue weighted by atomic mass is 10.0. The van der Waals surface area contributed by atoms with Crippen molar-refractivity contribution < 1.29 is 9.32 Å². The first kappa shape index (κ1) is 21.4. The number of carbonyl (C=O) groups is 1. The summed E-state index contributed by atoms with van der Waals surface area (Å²) in [4.78, 5) is 17.2. The monoisotopic (exact) mass is 438 g/mol. The largest absolute Gasteiger partial charge is 0.371 e. The van der Waals surface area contributed by atoms with E-state index >= 15 is 0 Å². The molecule has 31 heavy (non-hydrogen) atoms. The molecule has 1 aromatic heterocycles. The second-order valence-electron chi connectivity index (χ2n) is 8.00. The zero-order valence-corrected chi connectivity index (χ0v) is 18.5. The van der Waals surface area contributed by atoms with Gasteiger partial charge in [-0.1, -0.05) is 22.8 Å². The molecular weight excluding hydrogens is 412 g/mol. The molecular formula is C24H27ClN4O2. The number of hydrogen-bond acceptors (Lipinski definition) is 5. The first-order valence-corrected chi connectivity index (χ1v) is 10.9. The minimum absolute atomic E-state index is 0.166. The van der Waals surface area contributed by atoms with E-state index in [0.29, 0.717) is 16.6 Å². The number of halogens is 1. The van der Waals surface area contributed by atoms with Crippen LogP contribution in [0.2, 0.25) is 5.02 Å². The molecule has 1 aliphatic rings. The van der Waals surface area contributed by atoms with Crippen molar-refractivity contribution in [2.45, 2.75) is 31.8 Å². The summed E-state index contributed by atoms with van der Waals surface area (Å²) in [7, 11) is 2.16. The fourth-order valence-electron chi connectivity index (χ4n) is 4.08. The lowest BCUT2D eigenvalue weighted by molar-refractivity contribution is 0.102. The van der Waals surface area contributed by atoms with Gasteiger partial charge in [0.25, 0.3) is 5.91 Å². The average Bonchev–Trinajstić information content (AvgIpc) is 3.34. The van der Waals surface area contributed by atoms with Crippen molar-refractivity contribution >= 4 is 28.9 Å². The summed E-state index contributed by atoms with van der Waals surface area (Å²) in [6, 6.07) is 17.6. The van der Waals surface area contributed by atoms with Crippen LogP contribution in [-0.2, 0) is 0 Å². The second kappa shape index (κ2) is 9.54. The topological polar surface area (TPSA) is 61.6 Å². The van der Waals surface area contributed by atoms with Crippen molar-refractivity contribution in [2.24, 2.45) is 0 Å². The van der Waals surface area contributed by atoms with Gasteiger partial charge in [0.1, 0.15) is 12.0 Å². The highest BCUT2D eigenvalue weighted by atomic mass is 35.5. The van der Waals surface area contributed by atoms with Crippen LogP contribution in [0.4, 0.5) is 11.4 Å². The van der Waals surface area contributed by atoms with Crippen LogP contribution in [0.3, 0.4) is 0 Å². The lowest BCUT2D eigenvalue weighted by Gasteiger charge is -2.39. The Bertz CT molecular complexity index is 999. The zero-order valence-electron chi connectivity index (χ0n) is 17.8. The van der Waals surface area contributed by atoms with Crippen molar-refractivity contribution in [2.75, 3.05) is 30.4 Å². The van der Waals surface area contributed by atoms with Gasteiger partial charge in [-0.15, -0.1) is 0 Å². The smallest absolute Gasteiger partial charge is 0.255 e. The highest BCUT2D eigenvalue weighted by Gasteiger charge is 2.27. The summed E-state index contributed by atoms with van der Waals surface area (Å²) >= 11 is 5.98. The van der Waals surface area contributed by atoms with E-state index in [-0.39, 0.29) is 11.9 Å². The first-order valence-electron chi connectivity index (χ1n) is 10.6. The van der Waals surface area contributed by atoms with E-state index in [4.69, 9.17) is 16.1 Å². The molecule has 6 nitrogen and oxygen atoms in total. The number of aromatic nitrogens is 1. The van der Waals surface area contributed by atoms with Gasteiger partial charge in [0, 0.05) is 47.2 Å². The molecule has 1 N–H and O–H groups in total. The third kappa shape index (κ3) is 5.09. The predicted molar refractivity (Wildman–Crippen MR) is 124 cm³/mol. The molecule has 4 rings (SSSR count). The summed E-state index contributed by atoms with van der Waals surface area (Å²) in [6.07, 6.45) is 3.81. The van der Waals surface area contributed by atoms with E-state index in [1.54, 1.807) is 30.5 Å². The van der Waals surface area contributed by atoms with E-state index < -0.39 is 0 Å². The van der Waals surface area contributed by atoms with Gasteiger partial charge in [0.2, 0.25) is 0 Å². The molecule has 1 amide bonds. The van der Waals surface area contributed by atoms with Crippen molar-refractivity contribution in [3.8, 4) is 0 Å². The summed E-state index contributed by atoms with van der Waals surface area (Å²) in [6.45, 7) is 4.16. The highest BCUT2D eigenvalue weighted by Crippen LogP contribution is 2.28. The molecule has 0 aliphatic carbocycles. The minimum Gasteiger partial charge on any atom is -0.371 e. The molecule has 0 bridgehead atoms. The predicted octanol–water partition coefficient (Wildman–Crippen LogP) is 5.24. The maximum Gasteiger partial charge on any atom is 0.255 e. The highest BCUT2D eigenvalue weighted by molar-refractivity contribution is 6.31. The molecule has 1 fully saturated rings. The van der Waals surface area contributed by atoms with Gasteiger partial charge in [-0.25, -0.2) is 0 Å². The standard InChI is InChI=1S/C24H27ClN4O2/c1-17(23-12-15-31-27-23)28(2)21-10-13-29(14-11-21)22-8-6-20(7-9-22)26-24(30)18-4-3-5-19(25)16-18/h3-9,12,15-17,21H,10-11,13-14H2,1-2H3,(H,26,30)/t17-/m0/s1. The van der Waals surface area contributed by atoms with Crippen LogP contribution < -0.4 is 10.2 Å². The number of hydrogen-bond donors (Lipinski definition) is 1. The minimum atomic E-state index is -0.166. The van der Waals surface area contributed by atoms with Crippen molar-refractivity contribution in [1.29, 1.82) is 0 Å². The van der Waals surface area contributed by atoms with E-state index in [1.165, 1.54) is 5.69 Å². The summed E-state index contributed by atoms with van der Waals surface area (Å²) in [5, 5.41) is 7.56. The maximum absolute atomic E-state index is 12.4. The molecule has 0 spiro atoms. The molecule has 0 unspecified atom stereocenters. The van der Waals surface area contributed by atoms with Gasteiger partial charge in [-0.3, -0.25) is 9.69 Å². The van der Waals surface area contributed by atoms with Crippen LogP contribution in [0.1, 0.15) is 41.9 Å². The molecule has 7 heteroatoms. The Hall–Kier alpha value is -2.83. The summed E-state index contributed by atoms with van der Waals surface area (Å²) in [5.74, 6) is -0.166. The van der Waals surface area contributed by atoms with E-state index in [0.717, 1.165) is 37.3 Å². The first-order chi connectivity index (χ1) is 15.0. The Morgan fingerprint density at radius 2 is 1.94 bits per heavy atom. The number of piperidine rings is 1. The Morgan fingerprint density at radius 3 is 2.58 bits per heavy atom. The molecule has 0 saturated carbocycles. The second-order valence-corrected chi connectivity index (χ2v) is 8.43. The van der Waals surface area contributed by atoms with Crippen molar-refractivity contribution in [3.05, 3.63) is 77.1 Å². The Balaban J connectivity index is 1.31. The molecule has 2 aromatic carbocycles. The van der Waals surface area contributed by atoms with Gasteiger partial charge in [-0.2, -0.15) is 0 Å². The van der Waals surface area contributed by atoms with Crippen LogP contribution in [0, 0.1) is 0 Å². The molecule has 2 heterocycles. The number of nitrogens with zero attached hydrogens (tertiary/aromatic N) is 3. The lowest BCUT2D eigenvalue weighted by Crippen LogP contribution is -2.44. The van der Waals surface area contributed by atoms with Crippen LogP contribution in [0.25, 0.3) is 0 Å². The van der Waals surface area contributed by atoms with Gasteiger partial charge in [-0.05, 0) is 69.3 Å². The van der Waals surface area contributed by atoms with Crippen LogP contribution in [0.15, 0.2) is 65.4 Å². The van der Waals surface area contributed by atoms with E-state index in [2.05, 4.69) is 46.4 Å². The van der Waals surface area contributed by atoms with Crippen molar-refractivity contribution in [3.63, 3.8) is 0 Å². The normalized spacial score (nSPS) is 15.8. The quantitative estimate of drug-likeness (QED) is 0.570. The molecule has 0 radical (unpaired) electrons. The van der Waals surface area contributed by atoms with Gasteiger partial charge >= 0.3 is 0 Å². The SMILES string of the molecule is C[C@@H](c1ccon1)N(C)C1CCN(c2ccc(NC(=O)c3cccc(Cl)c3)cc2)CC1. The van der Waals surface area contributed by atoms with Gasteiger partial charge < -0.3 is 14.7 Å². The Kier molecular flexibility index (Phi) is 6.59. The molecule has 162 valence electrons. The third-order valence-corrected chi connectivity index (χ3v) is 6.35. The fourth-order valence-corrected chi connectivity index (χ4v) is 4.27. The summed E-state index contributed by atoms with van der Waals surface area (Å²) < 4.78 is 4.99. The third-order valence-electron chi connectivity index (χ3n) is 6.11. The van der Waals surface area contributed by atoms with Gasteiger partial charge in [0.05, 0.1) is 6.04 Å². The number of nitrogens with one attached hydrogen (secondary N) is 1. The van der Waals surface area contributed by atoms with Crippen LogP contribution >= 0.6 is 11.6 Å². The fraction of sp³-hybridized carbons (Fsp3) is 0.333. The Morgan fingerprint density at radius 1 is 1.19 bits per heavy atom. The number of benzene rings is 2. The molecule has 1 saturated heterocycles. The number of anilines is 2. The van der Waals surface area contributed by atoms with E-state index in [1.807, 2.05) is 18.2 Å². The van der Waals surface area contributed by atoms with Crippen LogP contribution in [-0.4, -0.2) is 42.1 Å².